The Balaban J connectivity index is 1.38. The van der Waals surface area contributed by atoms with E-state index in [-0.39, 0.29) is 0 Å². The largest absolute Gasteiger partial charge is 0.456 e. The van der Waals surface area contributed by atoms with Gasteiger partial charge < -0.3 is 8.83 Å². The Morgan fingerprint density at radius 3 is 2.05 bits per heavy atom. The molecule has 0 saturated carbocycles. The molecule has 0 amide bonds. The van der Waals surface area contributed by atoms with E-state index >= 15 is 0 Å². The molecule has 0 aliphatic rings. The third-order valence-electron chi connectivity index (χ3n) is 7.88. The number of rotatable bonds is 3. The first kappa shape index (κ1) is 22.2. The van der Waals surface area contributed by atoms with Crippen molar-refractivity contribution < 1.29 is 8.83 Å². The standard InChI is InChI=1S/C36H21N3O2/c1-2-10-23(11-3-1)39-37-30-21-22(24-14-8-16-27-25-12-4-6-17-31(25)41-36(24)27)20-29(35(30)38-39)26-15-9-19-33-34(26)28-13-5-7-18-32(28)40-33/h1-21H. The summed E-state index contributed by atoms with van der Waals surface area (Å²) in [4.78, 5) is 1.72. The van der Waals surface area contributed by atoms with Gasteiger partial charge in [-0.1, -0.05) is 84.9 Å². The lowest BCUT2D eigenvalue weighted by Gasteiger charge is -2.09. The van der Waals surface area contributed by atoms with Gasteiger partial charge in [-0.25, -0.2) is 0 Å². The number of furan rings is 2. The van der Waals surface area contributed by atoms with Crippen molar-refractivity contribution in [3.63, 3.8) is 0 Å². The molecule has 0 radical (unpaired) electrons. The second-order valence-electron chi connectivity index (χ2n) is 10.3. The molecule has 0 saturated heterocycles. The molecular weight excluding hydrogens is 506 g/mol. The summed E-state index contributed by atoms with van der Waals surface area (Å²) in [6.07, 6.45) is 0. The SMILES string of the molecule is c1ccc(-n2nc3cc(-c4cccc5c4oc4ccccc45)cc(-c4cccc5oc6ccccc6c45)c3n2)cc1. The van der Waals surface area contributed by atoms with Crippen LogP contribution >= 0.6 is 0 Å². The summed E-state index contributed by atoms with van der Waals surface area (Å²) in [5.41, 5.74) is 10.1. The second kappa shape index (κ2) is 8.41. The van der Waals surface area contributed by atoms with E-state index in [4.69, 9.17) is 19.0 Å². The van der Waals surface area contributed by atoms with Crippen LogP contribution in [0.4, 0.5) is 0 Å². The Morgan fingerprint density at radius 2 is 1.17 bits per heavy atom. The van der Waals surface area contributed by atoms with Crippen LogP contribution in [0.25, 0.3) is 82.9 Å². The van der Waals surface area contributed by atoms with Crippen LogP contribution in [-0.2, 0) is 0 Å². The number of benzene rings is 6. The Hall–Kier alpha value is -5.68. The van der Waals surface area contributed by atoms with Crippen LogP contribution < -0.4 is 0 Å². The maximum absolute atomic E-state index is 6.43. The molecule has 3 heterocycles. The van der Waals surface area contributed by atoms with Crippen LogP contribution in [0.1, 0.15) is 0 Å². The van der Waals surface area contributed by atoms with Crippen molar-refractivity contribution in [3.8, 4) is 27.9 Å². The molecule has 0 N–H and O–H groups in total. The number of hydrogen-bond donors (Lipinski definition) is 0. The van der Waals surface area contributed by atoms with Gasteiger partial charge in [-0.05, 0) is 53.6 Å². The smallest absolute Gasteiger partial charge is 0.143 e. The predicted molar refractivity (Wildman–Crippen MR) is 164 cm³/mol. The molecule has 0 aliphatic heterocycles. The highest BCUT2D eigenvalue weighted by molar-refractivity contribution is 6.16. The van der Waals surface area contributed by atoms with E-state index in [1.807, 2.05) is 78.9 Å². The molecule has 0 spiro atoms. The molecule has 0 atom stereocenters. The topological polar surface area (TPSA) is 57.0 Å². The van der Waals surface area contributed by atoms with Gasteiger partial charge in [0.1, 0.15) is 33.4 Å². The maximum Gasteiger partial charge on any atom is 0.143 e. The van der Waals surface area contributed by atoms with E-state index in [1.165, 1.54) is 0 Å². The number of hydrogen-bond acceptors (Lipinski definition) is 4. The van der Waals surface area contributed by atoms with E-state index in [2.05, 4.69) is 48.5 Å². The molecule has 6 aromatic carbocycles. The molecule has 9 rings (SSSR count). The van der Waals surface area contributed by atoms with Crippen molar-refractivity contribution in [2.75, 3.05) is 0 Å². The van der Waals surface area contributed by atoms with Gasteiger partial charge in [0.2, 0.25) is 0 Å². The van der Waals surface area contributed by atoms with E-state index in [0.29, 0.717) is 0 Å². The molecule has 0 bridgehead atoms. The molecule has 9 aromatic rings. The minimum Gasteiger partial charge on any atom is -0.456 e. The lowest BCUT2D eigenvalue weighted by molar-refractivity contribution is 0.669. The minimum atomic E-state index is 0.805. The number of para-hydroxylation sites is 4. The Bertz CT molecular complexity index is 2430. The fourth-order valence-electron chi connectivity index (χ4n) is 6.03. The van der Waals surface area contributed by atoms with E-state index in [1.54, 1.807) is 4.80 Å². The highest BCUT2D eigenvalue weighted by Crippen LogP contribution is 2.42. The third kappa shape index (κ3) is 3.29. The highest BCUT2D eigenvalue weighted by Gasteiger charge is 2.20. The first-order valence-electron chi connectivity index (χ1n) is 13.6. The summed E-state index contributed by atoms with van der Waals surface area (Å²) in [6, 6.07) is 43.2. The molecule has 192 valence electrons. The molecule has 41 heavy (non-hydrogen) atoms. The minimum absolute atomic E-state index is 0.805. The summed E-state index contributed by atoms with van der Waals surface area (Å²) in [5, 5.41) is 14.3. The first-order valence-corrected chi connectivity index (χ1v) is 13.6. The average molecular weight is 528 g/mol. The predicted octanol–water partition coefficient (Wildman–Crippen LogP) is 9.55. The van der Waals surface area contributed by atoms with Crippen molar-refractivity contribution in [3.05, 3.63) is 127 Å². The highest BCUT2D eigenvalue weighted by atomic mass is 16.3. The molecular formula is C36H21N3O2. The molecule has 0 fully saturated rings. The van der Waals surface area contributed by atoms with Crippen LogP contribution in [0.15, 0.2) is 136 Å². The third-order valence-corrected chi connectivity index (χ3v) is 7.88. The van der Waals surface area contributed by atoms with Crippen LogP contribution in [0.2, 0.25) is 0 Å². The summed E-state index contributed by atoms with van der Waals surface area (Å²) in [5.74, 6) is 0. The number of nitrogens with zero attached hydrogens (tertiary/aromatic N) is 3. The van der Waals surface area contributed by atoms with Gasteiger partial charge in [0.25, 0.3) is 0 Å². The number of fused-ring (bicyclic) bond motifs is 7. The van der Waals surface area contributed by atoms with Gasteiger partial charge in [-0.15, -0.1) is 10.2 Å². The van der Waals surface area contributed by atoms with Crippen LogP contribution in [0, 0.1) is 0 Å². The number of aromatic nitrogens is 3. The summed E-state index contributed by atoms with van der Waals surface area (Å²) >= 11 is 0. The molecule has 0 aliphatic carbocycles. The normalized spacial score (nSPS) is 11.9. The first-order chi connectivity index (χ1) is 20.3. The van der Waals surface area contributed by atoms with Crippen molar-refractivity contribution in [2.24, 2.45) is 0 Å². The van der Waals surface area contributed by atoms with Crippen molar-refractivity contribution >= 4 is 54.9 Å². The van der Waals surface area contributed by atoms with Gasteiger partial charge in [-0.3, -0.25) is 0 Å². The van der Waals surface area contributed by atoms with Crippen molar-refractivity contribution in [2.45, 2.75) is 0 Å². The van der Waals surface area contributed by atoms with Crippen molar-refractivity contribution in [1.82, 2.24) is 15.0 Å². The molecule has 5 nitrogen and oxygen atoms in total. The van der Waals surface area contributed by atoms with E-state index in [9.17, 15) is 0 Å². The summed E-state index contributed by atoms with van der Waals surface area (Å²) in [6.45, 7) is 0. The average Bonchev–Trinajstić information content (AvgIpc) is 3.74. The van der Waals surface area contributed by atoms with E-state index in [0.717, 1.165) is 82.9 Å². The zero-order valence-electron chi connectivity index (χ0n) is 21.8. The second-order valence-corrected chi connectivity index (χ2v) is 10.3. The Morgan fingerprint density at radius 1 is 0.488 bits per heavy atom. The van der Waals surface area contributed by atoms with Crippen LogP contribution in [-0.4, -0.2) is 15.0 Å². The fraction of sp³-hybridized carbons (Fsp3) is 0. The molecule has 0 unspecified atom stereocenters. The lowest BCUT2D eigenvalue weighted by atomic mass is 9.94. The Labute approximate surface area is 233 Å². The molecule has 3 aromatic heterocycles. The monoisotopic (exact) mass is 527 g/mol. The van der Waals surface area contributed by atoms with Gasteiger partial charge in [0.15, 0.2) is 0 Å². The van der Waals surface area contributed by atoms with Gasteiger partial charge in [0.05, 0.1) is 5.69 Å². The van der Waals surface area contributed by atoms with Crippen LogP contribution in [0.5, 0.6) is 0 Å². The van der Waals surface area contributed by atoms with Gasteiger partial charge in [0, 0.05) is 32.7 Å². The van der Waals surface area contributed by atoms with Gasteiger partial charge in [-0.2, -0.15) is 4.80 Å². The van der Waals surface area contributed by atoms with Crippen LogP contribution in [0.3, 0.4) is 0 Å². The summed E-state index contributed by atoms with van der Waals surface area (Å²) < 4.78 is 12.7. The summed E-state index contributed by atoms with van der Waals surface area (Å²) in [7, 11) is 0. The van der Waals surface area contributed by atoms with E-state index < -0.39 is 0 Å². The van der Waals surface area contributed by atoms with Crippen molar-refractivity contribution in [1.29, 1.82) is 0 Å². The fourth-order valence-corrected chi connectivity index (χ4v) is 6.03. The maximum atomic E-state index is 6.43. The lowest BCUT2D eigenvalue weighted by Crippen LogP contribution is -1.97. The zero-order chi connectivity index (χ0) is 26.9. The van der Waals surface area contributed by atoms with Gasteiger partial charge >= 0.3 is 0 Å². The molecule has 5 heteroatoms. The Kier molecular flexibility index (Phi) is 4.55. The zero-order valence-corrected chi connectivity index (χ0v) is 21.8. The quantitative estimate of drug-likeness (QED) is 0.230.